The van der Waals surface area contributed by atoms with Gasteiger partial charge in [-0.1, -0.05) is 12.1 Å². The predicted octanol–water partition coefficient (Wildman–Crippen LogP) is 3.49. The van der Waals surface area contributed by atoms with E-state index in [1.807, 2.05) is 0 Å². The van der Waals surface area contributed by atoms with Crippen molar-refractivity contribution in [2.75, 3.05) is 0 Å². The van der Waals surface area contributed by atoms with Crippen LogP contribution in [0.5, 0.6) is 0 Å². The van der Waals surface area contributed by atoms with Crippen LogP contribution in [0.2, 0.25) is 0 Å². The molecule has 3 rings (SSSR count). The lowest BCUT2D eigenvalue weighted by Gasteiger charge is -2.12. The number of hydrogen-bond donors (Lipinski definition) is 0. The molecule has 2 amide bonds. The Morgan fingerprint density at radius 2 is 1.59 bits per heavy atom. The van der Waals surface area contributed by atoms with Crippen molar-refractivity contribution in [2.45, 2.75) is 12.8 Å². The van der Waals surface area contributed by atoms with Gasteiger partial charge in [0.25, 0.3) is 11.8 Å². The number of amides is 2. The van der Waals surface area contributed by atoms with E-state index in [0.29, 0.717) is 16.4 Å². The van der Waals surface area contributed by atoms with Gasteiger partial charge in [-0.05, 0) is 24.3 Å². The molecule has 0 fully saturated rings. The Balaban J connectivity index is 1.72. The van der Waals surface area contributed by atoms with Crippen molar-refractivity contribution >= 4 is 23.2 Å². The SMILES string of the molecule is O=C1c2ccccc2C(=O)N1OCc1ccc(C(F)(F)F)s1. The highest BCUT2D eigenvalue weighted by molar-refractivity contribution is 7.12. The van der Waals surface area contributed by atoms with Crippen molar-refractivity contribution in [1.82, 2.24) is 5.06 Å². The number of rotatable bonds is 3. The van der Waals surface area contributed by atoms with Crippen molar-refractivity contribution < 1.29 is 27.6 Å². The van der Waals surface area contributed by atoms with Crippen molar-refractivity contribution in [3.63, 3.8) is 0 Å². The first-order valence-electron chi connectivity index (χ1n) is 6.14. The zero-order chi connectivity index (χ0) is 15.9. The van der Waals surface area contributed by atoms with Gasteiger partial charge in [-0.15, -0.1) is 16.4 Å². The normalized spacial score (nSPS) is 14.6. The fourth-order valence-electron chi connectivity index (χ4n) is 2.02. The molecule has 0 spiro atoms. The van der Waals surface area contributed by atoms with Crippen LogP contribution in [-0.2, 0) is 17.6 Å². The van der Waals surface area contributed by atoms with Gasteiger partial charge in [0.2, 0.25) is 0 Å². The number of imide groups is 1. The largest absolute Gasteiger partial charge is 0.425 e. The Bertz CT molecular complexity index is 719. The van der Waals surface area contributed by atoms with Crippen LogP contribution in [0.4, 0.5) is 13.2 Å². The van der Waals surface area contributed by atoms with Gasteiger partial charge in [0.05, 0.1) is 11.1 Å². The summed E-state index contributed by atoms with van der Waals surface area (Å²) in [5, 5.41) is 0.581. The average Bonchev–Trinajstić information content (AvgIpc) is 3.03. The molecule has 0 saturated carbocycles. The summed E-state index contributed by atoms with van der Waals surface area (Å²) in [6, 6.07) is 8.40. The van der Waals surface area contributed by atoms with E-state index in [1.165, 1.54) is 18.2 Å². The Hall–Kier alpha value is -2.19. The molecule has 0 aliphatic carbocycles. The topological polar surface area (TPSA) is 46.6 Å². The van der Waals surface area contributed by atoms with Crippen LogP contribution in [-0.4, -0.2) is 16.9 Å². The first-order chi connectivity index (χ1) is 10.4. The number of benzene rings is 1. The van der Waals surface area contributed by atoms with E-state index in [9.17, 15) is 22.8 Å². The maximum Gasteiger partial charge on any atom is 0.425 e. The standard InChI is InChI=1S/C14H8F3NO3S/c15-14(16,17)11-6-5-8(22-11)7-21-18-12(19)9-3-1-2-4-10(9)13(18)20/h1-6H,7H2. The van der Waals surface area contributed by atoms with Crippen LogP contribution in [0.3, 0.4) is 0 Å². The second kappa shape index (κ2) is 5.22. The van der Waals surface area contributed by atoms with Crippen LogP contribution in [0, 0.1) is 0 Å². The minimum absolute atomic E-state index is 0.217. The number of carbonyl (C=O) groups is 2. The first kappa shape index (κ1) is 14.7. The van der Waals surface area contributed by atoms with Crippen molar-refractivity contribution in [3.8, 4) is 0 Å². The summed E-state index contributed by atoms with van der Waals surface area (Å²) in [5.74, 6) is -1.23. The molecule has 0 N–H and O–H groups in total. The van der Waals surface area contributed by atoms with Gasteiger partial charge in [0.1, 0.15) is 11.5 Å². The molecular weight excluding hydrogens is 319 g/mol. The van der Waals surface area contributed by atoms with E-state index in [2.05, 4.69) is 0 Å². The molecule has 22 heavy (non-hydrogen) atoms. The lowest BCUT2D eigenvalue weighted by Crippen LogP contribution is -2.29. The molecule has 114 valence electrons. The Morgan fingerprint density at radius 1 is 1.00 bits per heavy atom. The molecule has 0 bridgehead atoms. The molecule has 1 aromatic carbocycles. The monoisotopic (exact) mass is 327 g/mol. The number of fused-ring (bicyclic) bond motifs is 1. The van der Waals surface area contributed by atoms with E-state index in [-0.39, 0.29) is 22.6 Å². The van der Waals surface area contributed by atoms with Gasteiger partial charge in [-0.2, -0.15) is 13.2 Å². The summed E-state index contributed by atoms with van der Waals surface area (Å²) < 4.78 is 37.5. The van der Waals surface area contributed by atoms with Crippen molar-refractivity contribution in [2.24, 2.45) is 0 Å². The third-order valence-corrected chi connectivity index (χ3v) is 4.14. The highest BCUT2D eigenvalue weighted by atomic mass is 32.1. The van der Waals surface area contributed by atoms with Crippen molar-refractivity contribution in [1.29, 1.82) is 0 Å². The second-order valence-corrected chi connectivity index (χ2v) is 5.66. The quantitative estimate of drug-likeness (QED) is 0.811. The van der Waals surface area contributed by atoms with Crippen LogP contribution in [0.15, 0.2) is 36.4 Å². The highest BCUT2D eigenvalue weighted by Crippen LogP contribution is 2.35. The smallest absolute Gasteiger partial charge is 0.266 e. The van der Waals surface area contributed by atoms with E-state index < -0.39 is 22.9 Å². The zero-order valence-electron chi connectivity index (χ0n) is 10.9. The van der Waals surface area contributed by atoms with E-state index >= 15 is 0 Å². The second-order valence-electron chi connectivity index (χ2n) is 4.49. The highest BCUT2D eigenvalue weighted by Gasteiger charge is 2.37. The Morgan fingerprint density at radius 3 is 2.09 bits per heavy atom. The van der Waals surface area contributed by atoms with Gasteiger partial charge in [-0.3, -0.25) is 14.4 Å². The Labute approximate surface area is 126 Å². The van der Waals surface area contributed by atoms with Crippen molar-refractivity contribution in [3.05, 3.63) is 57.3 Å². The summed E-state index contributed by atoms with van der Waals surface area (Å²) in [6.45, 7) is -0.286. The maximum absolute atomic E-state index is 12.5. The number of carbonyl (C=O) groups excluding carboxylic acids is 2. The number of alkyl halides is 3. The summed E-state index contributed by atoms with van der Waals surface area (Å²) in [6.07, 6.45) is -4.42. The van der Waals surface area contributed by atoms with Gasteiger partial charge in [0, 0.05) is 4.88 Å². The van der Waals surface area contributed by atoms with Crippen LogP contribution in [0.1, 0.15) is 30.5 Å². The molecule has 0 atom stereocenters. The molecule has 2 heterocycles. The molecular formula is C14H8F3NO3S. The molecule has 1 aromatic heterocycles. The zero-order valence-corrected chi connectivity index (χ0v) is 11.7. The summed E-state index contributed by atoms with van der Waals surface area (Å²) >= 11 is 0.510. The van der Waals surface area contributed by atoms with E-state index in [1.54, 1.807) is 12.1 Å². The van der Waals surface area contributed by atoms with Gasteiger partial charge >= 0.3 is 6.18 Å². The fraction of sp³-hybridized carbons (Fsp3) is 0.143. The lowest BCUT2D eigenvalue weighted by atomic mass is 10.1. The third kappa shape index (κ3) is 2.51. The molecule has 0 unspecified atom stereocenters. The first-order valence-corrected chi connectivity index (χ1v) is 6.96. The van der Waals surface area contributed by atoms with E-state index in [4.69, 9.17) is 4.84 Å². The number of nitrogens with zero attached hydrogens (tertiary/aromatic N) is 1. The molecule has 1 aliphatic heterocycles. The number of thiophene rings is 1. The maximum atomic E-state index is 12.5. The lowest BCUT2D eigenvalue weighted by molar-refractivity contribution is -0.134. The Kier molecular flexibility index (Phi) is 3.50. The molecule has 8 heteroatoms. The molecule has 1 aliphatic rings. The summed E-state index contributed by atoms with van der Waals surface area (Å²) in [4.78, 5) is 28.6. The van der Waals surface area contributed by atoms with Crippen LogP contribution >= 0.6 is 11.3 Å². The number of hydrogen-bond acceptors (Lipinski definition) is 4. The molecule has 0 saturated heterocycles. The van der Waals surface area contributed by atoms with Gasteiger partial charge < -0.3 is 0 Å². The number of halogens is 3. The summed E-state index contributed by atoms with van der Waals surface area (Å²) in [5.41, 5.74) is 0.435. The fourth-order valence-corrected chi connectivity index (χ4v) is 2.80. The molecule has 4 nitrogen and oxygen atoms in total. The number of hydroxylamine groups is 2. The minimum Gasteiger partial charge on any atom is -0.266 e. The average molecular weight is 327 g/mol. The van der Waals surface area contributed by atoms with Crippen LogP contribution < -0.4 is 0 Å². The third-order valence-electron chi connectivity index (χ3n) is 3.03. The van der Waals surface area contributed by atoms with Gasteiger partial charge in [-0.25, -0.2) is 0 Å². The van der Waals surface area contributed by atoms with E-state index in [0.717, 1.165) is 6.07 Å². The summed E-state index contributed by atoms with van der Waals surface area (Å²) in [7, 11) is 0. The van der Waals surface area contributed by atoms with Crippen LogP contribution in [0.25, 0.3) is 0 Å². The minimum atomic E-state index is -4.42. The molecule has 0 radical (unpaired) electrons. The predicted molar refractivity (Wildman–Crippen MR) is 71.1 cm³/mol. The van der Waals surface area contributed by atoms with Gasteiger partial charge in [0.15, 0.2) is 0 Å². The molecule has 2 aromatic rings.